The van der Waals surface area contributed by atoms with Gasteiger partial charge in [-0.15, -0.1) is 0 Å². The standard InChI is InChI=1S/C48H47N2O11P/c1-48(45(51)55-2,50(47(53)58-34-39-22-12-5-13-23-39)49-46(52)57-33-38-20-10-4-11-21-38)31-42-28-29-43(44(30-42)56-32-37-18-8-3-9-19-37)61-62(54,59-35-40-24-14-6-15-25-40)60-36-41-26-16-7-17-27-41/h3-30H,31-36H2,1-2H3,(H,49,52). The van der Waals surface area contributed by atoms with Gasteiger partial charge >= 0.3 is 26.0 Å². The summed E-state index contributed by atoms with van der Waals surface area (Å²) in [7, 11) is -3.20. The number of amides is 2. The van der Waals surface area contributed by atoms with Crippen LogP contribution in [0, 0.1) is 0 Å². The van der Waals surface area contributed by atoms with Gasteiger partial charge in [0.2, 0.25) is 0 Å². The predicted molar refractivity (Wildman–Crippen MR) is 230 cm³/mol. The zero-order chi connectivity index (χ0) is 43.6. The normalized spacial score (nSPS) is 12.0. The summed E-state index contributed by atoms with van der Waals surface area (Å²) in [4.78, 5) is 41.2. The van der Waals surface area contributed by atoms with Gasteiger partial charge in [0.1, 0.15) is 19.8 Å². The largest absolute Gasteiger partial charge is 0.530 e. The Morgan fingerprint density at radius 2 is 0.984 bits per heavy atom. The quantitative estimate of drug-likeness (QED) is 0.0359. The lowest BCUT2D eigenvalue weighted by Crippen LogP contribution is -2.63. The fourth-order valence-electron chi connectivity index (χ4n) is 6.11. The summed E-state index contributed by atoms with van der Waals surface area (Å²) in [6, 6.07) is 50.2. The van der Waals surface area contributed by atoms with Gasteiger partial charge in [0.05, 0.1) is 20.3 Å². The number of methoxy groups -OCH3 is 1. The van der Waals surface area contributed by atoms with Crippen molar-refractivity contribution in [3.8, 4) is 11.5 Å². The van der Waals surface area contributed by atoms with Crippen molar-refractivity contribution in [1.82, 2.24) is 10.4 Å². The number of phosphoric ester groups is 1. The molecular weight excluding hydrogens is 812 g/mol. The summed E-state index contributed by atoms with van der Waals surface area (Å²) in [6.45, 7) is 1.03. The number of nitrogens with one attached hydrogen (secondary N) is 1. The molecule has 6 aromatic rings. The highest BCUT2D eigenvalue weighted by Gasteiger charge is 2.46. The van der Waals surface area contributed by atoms with Gasteiger partial charge in [-0.3, -0.25) is 9.05 Å². The summed E-state index contributed by atoms with van der Waals surface area (Å²) >= 11 is 0. The average Bonchev–Trinajstić information content (AvgIpc) is 3.32. The van der Waals surface area contributed by atoms with Crippen molar-refractivity contribution in [2.75, 3.05) is 7.11 Å². The molecule has 0 spiro atoms. The molecule has 0 saturated carbocycles. The van der Waals surface area contributed by atoms with Crippen LogP contribution in [0.3, 0.4) is 0 Å². The number of benzene rings is 6. The first-order valence-electron chi connectivity index (χ1n) is 19.7. The van der Waals surface area contributed by atoms with Crippen LogP contribution in [0.2, 0.25) is 0 Å². The van der Waals surface area contributed by atoms with E-state index < -0.39 is 31.5 Å². The maximum Gasteiger partial charge on any atom is 0.530 e. The van der Waals surface area contributed by atoms with Gasteiger partial charge in [0.25, 0.3) is 0 Å². The number of hydrogen-bond acceptors (Lipinski definition) is 11. The van der Waals surface area contributed by atoms with Gasteiger partial charge in [-0.1, -0.05) is 158 Å². The molecule has 0 fully saturated rings. The van der Waals surface area contributed by atoms with Crippen molar-refractivity contribution in [2.24, 2.45) is 0 Å². The predicted octanol–water partition coefficient (Wildman–Crippen LogP) is 10.1. The minimum Gasteiger partial charge on any atom is -0.485 e. The number of hydrazine groups is 1. The third-order valence-electron chi connectivity index (χ3n) is 9.39. The summed E-state index contributed by atoms with van der Waals surface area (Å²) in [5, 5.41) is 0.757. The van der Waals surface area contributed by atoms with E-state index in [4.69, 9.17) is 32.5 Å². The molecule has 1 N–H and O–H groups in total. The molecule has 0 aliphatic rings. The average molecular weight is 859 g/mol. The van der Waals surface area contributed by atoms with E-state index in [9.17, 15) is 18.9 Å². The molecule has 0 aliphatic carbocycles. The highest BCUT2D eigenvalue weighted by atomic mass is 31.2. The van der Waals surface area contributed by atoms with Crippen molar-refractivity contribution in [3.63, 3.8) is 0 Å². The van der Waals surface area contributed by atoms with Crippen LogP contribution >= 0.6 is 7.82 Å². The Morgan fingerprint density at radius 1 is 0.548 bits per heavy atom. The third kappa shape index (κ3) is 13.0. The molecule has 1 unspecified atom stereocenters. The van der Waals surface area contributed by atoms with Crippen LogP contribution in [0.5, 0.6) is 11.5 Å². The number of rotatable bonds is 19. The highest BCUT2D eigenvalue weighted by molar-refractivity contribution is 7.48. The van der Waals surface area contributed by atoms with E-state index in [-0.39, 0.29) is 51.0 Å². The molecule has 14 heteroatoms. The van der Waals surface area contributed by atoms with Gasteiger partial charge in [-0.2, -0.15) is 5.01 Å². The lowest BCUT2D eigenvalue weighted by Gasteiger charge is -2.37. The van der Waals surface area contributed by atoms with Crippen LogP contribution in [-0.2, 0) is 72.1 Å². The van der Waals surface area contributed by atoms with Gasteiger partial charge < -0.3 is 23.5 Å². The summed E-state index contributed by atoms with van der Waals surface area (Å²) in [5.41, 5.74) is 4.56. The lowest BCUT2D eigenvalue weighted by atomic mass is 9.92. The summed E-state index contributed by atoms with van der Waals surface area (Å²) in [6.07, 6.45) is -2.35. The van der Waals surface area contributed by atoms with E-state index in [1.165, 1.54) is 13.0 Å². The van der Waals surface area contributed by atoms with Gasteiger partial charge in [-0.25, -0.2) is 24.4 Å². The fourth-order valence-corrected chi connectivity index (χ4v) is 7.30. The zero-order valence-corrected chi connectivity index (χ0v) is 35.2. The monoisotopic (exact) mass is 858 g/mol. The summed E-state index contributed by atoms with van der Waals surface area (Å²) < 4.78 is 55.0. The maximum atomic E-state index is 14.5. The van der Waals surface area contributed by atoms with Crippen LogP contribution in [0.15, 0.2) is 170 Å². The van der Waals surface area contributed by atoms with E-state index in [1.54, 1.807) is 60.7 Å². The molecule has 1 atom stereocenters. The zero-order valence-electron chi connectivity index (χ0n) is 34.3. The number of phosphoric acid groups is 1. The topological polar surface area (TPSA) is 148 Å². The number of esters is 1. The smallest absolute Gasteiger partial charge is 0.485 e. The Balaban J connectivity index is 1.32. The fraction of sp³-hybridized carbons (Fsp3) is 0.188. The molecule has 0 saturated heterocycles. The second-order valence-corrected chi connectivity index (χ2v) is 15.7. The summed E-state index contributed by atoms with van der Waals surface area (Å²) in [5.74, 6) is -0.771. The van der Waals surface area contributed by atoms with Gasteiger partial charge in [-0.05, 0) is 52.4 Å². The minimum atomic E-state index is -4.36. The van der Waals surface area contributed by atoms with Gasteiger partial charge in [0, 0.05) is 6.42 Å². The Labute approximate surface area is 360 Å². The second-order valence-electron chi connectivity index (χ2n) is 14.1. The van der Waals surface area contributed by atoms with Crippen molar-refractivity contribution < 1.29 is 51.5 Å². The van der Waals surface area contributed by atoms with Crippen LogP contribution < -0.4 is 14.7 Å². The van der Waals surface area contributed by atoms with Crippen molar-refractivity contribution in [3.05, 3.63) is 203 Å². The first kappa shape index (κ1) is 44.6. The van der Waals surface area contributed by atoms with E-state index in [0.717, 1.165) is 28.8 Å². The molecule has 0 aromatic heterocycles. The SMILES string of the molecule is COC(=O)C(C)(Cc1ccc(OP(=O)(OCc2ccccc2)OCc2ccccc2)c(OCc2ccccc2)c1)N(NC(=O)OCc1ccccc1)C(=O)OCc1ccccc1. The van der Waals surface area contributed by atoms with E-state index in [0.29, 0.717) is 16.7 Å². The molecule has 0 heterocycles. The Hall–Kier alpha value is -6.92. The molecule has 62 heavy (non-hydrogen) atoms. The van der Waals surface area contributed by atoms with Gasteiger partial charge in [0.15, 0.2) is 17.0 Å². The number of carbonyl (C=O) groups excluding carboxylic acids is 3. The first-order chi connectivity index (χ1) is 30.1. The van der Waals surface area contributed by atoms with Crippen LogP contribution in [0.25, 0.3) is 0 Å². The van der Waals surface area contributed by atoms with Crippen LogP contribution in [-0.4, -0.2) is 35.8 Å². The molecule has 0 aliphatic heterocycles. The molecule has 320 valence electrons. The Bertz CT molecular complexity index is 2340. The van der Waals surface area contributed by atoms with E-state index in [1.807, 2.05) is 103 Å². The Morgan fingerprint density at radius 3 is 1.45 bits per heavy atom. The third-order valence-corrected chi connectivity index (χ3v) is 10.7. The molecule has 0 bridgehead atoms. The molecule has 13 nitrogen and oxygen atoms in total. The van der Waals surface area contributed by atoms with Crippen molar-refractivity contribution >= 4 is 26.0 Å². The number of carbonyl (C=O) groups is 3. The lowest BCUT2D eigenvalue weighted by molar-refractivity contribution is -0.155. The number of hydrogen-bond donors (Lipinski definition) is 1. The number of ether oxygens (including phenoxy) is 4. The van der Waals surface area contributed by atoms with E-state index in [2.05, 4.69) is 5.43 Å². The van der Waals surface area contributed by atoms with Crippen LogP contribution in [0.1, 0.15) is 40.3 Å². The highest BCUT2D eigenvalue weighted by Crippen LogP contribution is 2.53. The maximum absolute atomic E-state index is 14.5. The Kier molecular flexibility index (Phi) is 15.9. The number of nitrogens with zero attached hydrogens (tertiary/aromatic N) is 1. The van der Waals surface area contributed by atoms with E-state index >= 15 is 0 Å². The first-order valence-corrected chi connectivity index (χ1v) is 21.1. The van der Waals surface area contributed by atoms with Crippen LogP contribution in [0.4, 0.5) is 9.59 Å². The molecule has 0 radical (unpaired) electrons. The molecular formula is C48H47N2O11P. The van der Waals surface area contributed by atoms with Crippen molar-refractivity contribution in [2.45, 2.75) is 51.9 Å². The molecule has 6 rings (SSSR count). The minimum absolute atomic E-state index is 0.00986. The van der Waals surface area contributed by atoms with Crippen molar-refractivity contribution in [1.29, 1.82) is 0 Å². The molecule has 6 aromatic carbocycles. The molecule has 2 amide bonds. The second kappa shape index (κ2) is 22.1.